The molecule has 0 saturated carbocycles. The second kappa shape index (κ2) is 10.5. The van der Waals surface area contributed by atoms with Crippen molar-refractivity contribution in [2.75, 3.05) is 28.4 Å². The van der Waals surface area contributed by atoms with E-state index in [1.807, 2.05) is 0 Å². The van der Waals surface area contributed by atoms with Crippen LogP contribution in [0.4, 0.5) is 0 Å². The van der Waals surface area contributed by atoms with Crippen LogP contribution in [0.15, 0.2) is 24.3 Å². The van der Waals surface area contributed by atoms with E-state index in [0.717, 1.165) is 0 Å². The van der Waals surface area contributed by atoms with E-state index in [-0.39, 0.29) is 11.3 Å². The first-order chi connectivity index (χ1) is 14.9. The summed E-state index contributed by atoms with van der Waals surface area (Å²) < 4.78 is 30.5. The van der Waals surface area contributed by atoms with Gasteiger partial charge in [-0.15, -0.1) is 0 Å². The second-order valence-electron chi connectivity index (χ2n) is 6.16. The summed E-state index contributed by atoms with van der Waals surface area (Å²) in [5, 5.41) is 0. The van der Waals surface area contributed by atoms with Gasteiger partial charge < -0.3 is 0 Å². The number of ether oxygens (including phenoxy) is 4. The summed E-state index contributed by atoms with van der Waals surface area (Å²) >= 11 is 0. The molecule has 180 valence electrons. The van der Waals surface area contributed by atoms with Crippen molar-refractivity contribution in [2.45, 2.75) is 0 Å². The van der Waals surface area contributed by atoms with Crippen LogP contribution in [0.2, 0.25) is 0 Å². The number of benzene rings is 2. The van der Waals surface area contributed by atoms with Crippen LogP contribution in [-0.2, 0) is 0 Å². The van der Waals surface area contributed by atoms with Gasteiger partial charge in [0.15, 0.2) is 0 Å². The Morgan fingerprint density at radius 2 is 1.09 bits per heavy atom. The van der Waals surface area contributed by atoms with Crippen LogP contribution in [0.3, 0.4) is 0 Å². The van der Waals surface area contributed by atoms with Crippen LogP contribution in [0.1, 0.15) is 11.1 Å². The summed E-state index contributed by atoms with van der Waals surface area (Å²) in [7, 11) is -4.76. The molecule has 2 rings (SSSR count). The molecule has 0 spiro atoms. The van der Waals surface area contributed by atoms with Crippen molar-refractivity contribution in [1.82, 2.24) is 0 Å². The van der Waals surface area contributed by atoms with Gasteiger partial charge in [-0.1, -0.05) is 0 Å². The monoisotopic (exact) mass is 496 g/mol. The molecule has 12 nitrogen and oxygen atoms in total. The summed E-state index contributed by atoms with van der Waals surface area (Å²) in [5.74, 6) is -0.0778. The van der Waals surface area contributed by atoms with Gasteiger partial charge in [-0.3, -0.25) is 0 Å². The predicted molar refractivity (Wildman–Crippen MR) is 119 cm³/mol. The normalized spacial score (nSPS) is 12.9. The van der Waals surface area contributed by atoms with E-state index < -0.39 is 27.8 Å². The Balaban J connectivity index is 2.62. The first-order valence-corrected chi connectivity index (χ1v) is 12.3. The number of hydrogen-bond acceptors (Lipinski definition) is 12. The molecule has 0 heterocycles. The molecule has 0 saturated heterocycles. The molecule has 14 heteroatoms. The summed E-state index contributed by atoms with van der Waals surface area (Å²) in [6, 6.07) is 6.02. The average molecular weight is 496 g/mol. The Morgan fingerprint density at radius 3 is 1.53 bits per heavy atom. The van der Waals surface area contributed by atoms with Crippen LogP contribution in [-0.4, -0.2) is 57.8 Å². The Labute approximate surface area is 184 Å². The molecule has 2 aromatic carbocycles. The Kier molecular flexibility index (Phi) is 8.47. The molecule has 0 aliphatic carbocycles. The molecular formula is C18H26O12P2. The van der Waals surface area contributed by atoms with Gasteiger partial charge in [0.2, 0.25) is 0 Å². The molecule has 0 radical (unpaired) electrons. The summed E-state index contributed by atoms with van der Waals surface area (Å²) in [6.07, 6.45) is 2.98. The molecule has 0 aliphatic heterocycles. The van der Waals surface area contributed by atoms with Crippen molar-refractivity contribution in [3.8, 4) is 34.5 Å². The summed E-state index contributed by atoms with van der Waals surface area (Å²) in [5.41, 5.74) is 0.668. The van der Waals surface area contributed by atoms with E-state index in [4.69, 9.17) is 28.0 Å². The molecule has 0 aliphatic rings. The van der Waals surface area contributed by atoms with Crippen molar-refractivity contribution < 1.29 is 57.4 Å². The quantitative estimate of drug-likeness (QED) is 0.206. The minimum atomic E-state index is -5.18. The van der Waals surface area contributed by atoms with Crippen LogP contribution in [0.5, 0.6) is 34.5 Å². The molecule has 0 fully saturated rings. The van der Waals surface area contributed by atoms with Gasteiger partial charge in [0.25, 0.3) is 0 Å². The molecule has 0 bridgehead atoms. The first kappa shape index (κ1) is 25.9. The molecule has 0 atom stereocenters. The maximum absolute atomic E-state index is 9.45. The van der Waals surface area contributed by atoms with Gasteiger partial charge in [0.1, 0.15) is 0 Å². The fourth-order valence-corrected chi connectivity index (χ4v) is 3.66. The van der Waals surface area contributed by atoms with Crippen molar-refractivity contribution in [1.29, 1.82) is 0 Å². The van der Waals surface area contributed by atoms with Crippen molar-refractivity contribution in [3.05, 3.63) is 35.4 Å². The van der Waals surface area contributed by atoms with E-state index in [1.165, 1.54) is 46.6 Å². The van der Waals surface area contributed by atoms with Crippen molar-refractivity contribution >= 4 is 28.5 Å². The Bertz CT molecular complexity index is 941. The third-order valence-corrected chi connectivity index (χ3v) is 4.90. The predicted octanol–water partition coefficient (Wildman–Crippen LogP) is 1.42. The van der Waals surface area contributed by atoms with Crippen LogP contribution in [0.25, 0.3) is 12.2 Å². The molecule has 0 amide bonds. The van der Waals surface area contributed by atoms with Crippen LogP contribution in [0, 0.1) is 0 Å². The van der Waals surface area contributed by atoms with Gasteiger partial charge in [-0.25, -0.2) is 0 Å². The van der Waals surface area contributed by atoms with E-state index in [1.54, 1.807) is 18.2 Å². The van der Waals surface area contributed by atoms with E-state index >= 15 is 0 Å². The van der Waals surface area contributed by atoms with Gasteiger partial charge in [-0.05, 0) is 0 Å². The van der Waals surface area contributed by atoms with E-state index in [0.29, 0.717) is 22.8 Å². The first-order valence-electron chi connectivity index (χ1n) is 8.83. The molecular weight excluding hydrogens is 470 g/mol. The fourth-order valence-electron chi connectivity index (χ4n) is 2.71. The average Bonchev–Trinajstić information content (AvgIpc) is 2.71. The number of rotatable bonds is 10. The molecule has 0 unspecified atom stereocenters. The van der Waals surface area contributed by atoms with Crippen LogP contribution >= 0.6 is 16.3 Å². The molecule has 6 N–H and O–H groups in total. The third kappa shape index (κ3) is 6.80. The fraction of sp³-hybridized carbons (Fsp3) is 0.222. The summed E-state index contributed by atoms with van der Waals surface area (Å²) in [4.78, 5) is 56.4. The SMILES string of the molecule is COc1cc(/C=C\c2ccc(OC)c(O[PH](O)(O)O)c2O[PH](O)(O)O)cc(OC)c1OC. The van der Waals surface area contributed by atoms with E-state index in [2.05, 4.69) is 0 Å². The minimum absolute atomic E-state index is 0.0989. The van der Waals surface area contributed by atoms with Gasteiger partial charge in [0.05, 0.1) is 0 Å². The topological polar surface area (TPSA) is 177 Å². The molecule has 2 aromatic rings. The maximum atomic E-state index is 9.45. The zero-order valence-electron chi connectivity index (χ0n) is 17.6. The van der Waals surface area contributed by atoms with Gasteiger partial charge in [0, 0.05) is 0 Å². The zero-order chi connectivity index (χ0) is 24.1. The molecule has 32 heavy (non-hydrogen) atoms. The van der Waals surface area contributed by atoms with Crippen molar-refractivity contribution in [2.24, 2.45) is 0 Å². The van der Waals surface area contributed by atoms with Crippen molar-refractivity contribution in [3.63, 3.8) is 0 Å². The third-order valence-electron chi connectivity index (χ3n) is 3.95. The second-order valence-corrected chi connectivity index (χ2v) is 8.86. The summed E-state index contributed by atoms with van der Waals surface area (Å²) in [6.45, 7) is 0. The van der Waals surface area contributed by atoms with Gasteiger partial charge in [-0.2, -0.15) is 0 Å². The Hall–Kier alpha value is -2.40. The number of methoxy groups -OCH3 is 4. The van der Waals surface area contributed by atoms with E-state index in [9.17, 15) is 29.4 Å². The Morgan fingerprint density at radius 1 is 0.594 bits per heavy atom. The standard InChI is InChI=1S/C18H26O12P2/c1-25-13-8-7-12(16(29-31(19,20)21)18(13)30-32(22,23)24)6-5-11-9-14(26-2)17(28-4)15(10-11)27-3/h5-10,19-24,31-32H,1-4H3/b6-5-. The van der Waals surface area contributed by atoms with Crippen LogP contribution < -0.4 is 28.0 Å². The number of hydrogen-bond donors (Lipinski definition) is 6. The van der Waals surface area contributed by atoms with Gasteiger partial charge >= 0.3 is 184 Å². The molecule has 0 aromatic heterocycles. The zero-order valence-corrected chi connectivity index (χ0v) is 19.6.